The fourth-order valence-electron chi connectivity index (χ4n) is 2.89. The molecule has 5 atom stereocenters. The van der Waals surface area contributed by atoms with Crippen molar-refractivity contribution >= 4 is 47.4 Å². The number of thioether (sulfide) groups is 1. The zero-order valence-electron chi connectivity index (χ0n) is 20.1. The van der Waals surface area contributed by atoms with Crippen LogP contribution in [-0.4, -0.2) is 87.1 Å². The molecular weight excluding hydrogens is 484 g/mol. The summed E-state index contributed by atoms with van der Waals surface area (Å²) in [5.74, 6) is -5.95. The molecule has 8 N–H and O–H groups in total. The molecule has 35 heavy (non-hydrogen) atoms. The second-order valence-corrected chi connectivity index (χ2v) is 9.06. The summed E-state index contributed by atoms with van der Waals surface area (Å²) < 4.78 is 0. The van der Waals surface area contributed by atoms with Gasteiger partial charge in [-0.1, -0.05) is 20.3 Å². The quantitative estimate of drug-likeness (QED) is 0.120. The molecule has 0 aliphatic rings. The zero-order chi connectivity index (χ0) is 27.1. The van der Waals surface area contributed by atoms with E-state index in [1.165, 1.54) is 11.8 Å². The monoisotopic (exact) mass is 520 g/mol. The van der Waals surface area contributed by atoms with Crippen LogP contribution in [0, 0.1) is 5.92 Å². The van der Waals surface area contributed by atoms with Gasteiger partial charge in [0.05, 0.1) is 6.04 Å². The number of rotatable bonds is 18. The number of carbonyl (C=O) groups is 6. The van der Waals surface area contributed by atoms with E-state index in [-0.39, 0.29) is 25.2 Å². The van der Waals surface area contributed by atoms with Crippen LogP contribution in [0.15, 0.2) is 0 Å². The molecule has 5 unspecified atom stereocenters. The average Bonchev–Trinajstić information content (AvgIpc) is 2.79. The number of hydrogen-bond donors (Lipinski definition) is 7. The number of carboxylic acids is 3. The Morgan fingerprint density at radius 2 is 1.20 bits per heavy atom. The van der Waals surface area contributed by atoms with Gasteiger partial charge in [-0.05, 0) is 37.2 Å². The molecule has 0 aliphatic heterocycles. The highest BCUT2D eigenvalue weighted by Crippen LogP contribution is 2.09. The first-order valence-corrected chi connectivity index (χ1v) is 12.5. The van der Waals surface area contributed by atoms with Crippen molar-refractivity contribution in [3.63, 3.8) is 0 Å². The van der Waals surface area contributed by atoms with Crippen LogP contribution < -0.4 is 21.7 Å². The van der Waals surface area contributed by atoms with Gasteiger partial charge in [-0.25, -0.2) is 4.79 Å². The third-order valence-corrected chi connectivity index (χ3v) is 5.99. The zero-order valence-corrected chi connectivity index (χ0v) is 20.9. The maximum absolute atomic E-state index is 12.9. The van der Waals surface area contributed by atoms with Gasteiger partial charge in [0.1, 0.15) is 18.1 Å². The summed E-state index contributed by atoms with van der Waals surface area (Å²) in [6.45, 7) is 3.59. The second-order valence-electron chi connectivity index (χ2n) is 8.08. The van der Waals surface area contributed by atoms with Gasteiger partial charge in [0.25, 0.3) is 0 Å². The molecule has 3 amide bonds. The van der Waals surface area contributed by atoms with Crippen molar-refractivity contribution in [2.24, 2.45) is 11.7 Å². The lowest BCUT2D eigenvalue weighted by molar-refractivity contribution is -0.143. The van der Waals surface area contributed by atoms with E-state index in [9.17, 15) is 33.9 Å². The lowest BCUT2D eigenvalue weighted by Crippen LogP contribution is -2.57. The van der Waals surface area contributed by atoms with Crippen LogP contribution in [-0.2, 0) is 28.8 Å². The predicted octanol–water partition coefficient (Wildman–Crippen LogP) is -0.618. The van der Waals surface area contributed by atoms with E-state index in [1.54, 1.807) is 13.2 Å². The Kier molecular flexibility index (Phi) is 15.3. The fourth-order valence-corrected chi connectivity index (χ4v) is 3.36. The highest BCUT2D eigenvalue weighted by molar-refractivity contribution is 7.98. The molecule has 0 aromatic carbocycles. The smallest absolute Gasteiger partial charge is 0.326 e. The molecule has 0 aliphatic carbocycles. The van der Waals surface area contributed by atoms with Gasteiger partial charge >= 0.3 is 17.9 Å². The molecule has 0 aromatic heterocycles. The van der Waals surface area contributed by atoms with Gasteiger partial charge in [0.15, 0.2) is 0 Å². The second kappa shape index (κ2) is 16.7. The third-order valence-electron chi connectivity index (χ3n) is 5.34. The normalized spacial score (nSPS) is 15.1. The molecule has 0 aromatic rings. The van der Waals surface area contributed by atoms with E-state index in [0.717, 1.165) is 0 Å². The van der Waals surface area contributed by atoms with Crippen LogP contribution in [0.2, 0.25) is 0 Å². The first-order chi connectivity index (χ1) is 16.3. The van der Waals surface area contributed by atoms with E-state index in [4.69, 9.17) is 15.9 Å². The Morgan fingerprint density at radius 1 is 0.771 bits per heavy atom. The van der Waals surface area contributed by atoms with E-state index in [2.05, 4.69) is 16.0 Å². The van der Waals surface area contributed by atoms with Crippen molar-refractivity contribution in [1.29, 1.82) is 0 Å². The lowest BCUT2D eigenvalue weighted by atomic mass is 9.98. The van der Waals surface area contributed by atoms with Crippen molar-refractivity contribution in [2.75, 3.05) is 12.0 Å². The topological polar surface area (TPSA) is 225 Å². The van der Waals surface area contributed by atoms with Gasteiger partial charge < -0.3 is 37.0 Å². The van der Waals surface area contributed by atoms with Crippen LogP contribution in [0.5, 0.6) is 0 Å². The van der Waals surface area contributed by atoms with E-state index in [1.807, 2.05) is 6.92 Å². The van der Waals surface area contributed by atoms with Crippen LogP contribution >= 0.6 is 11.8 Å². The maximum Gasteiger partial charge on any atom is 0.326 e. The number of nitrogens with two attached hydrogens (primary N) is 1. The van der Waals surface area contributed by atoms with Crippen molar-refractivity contribution in [1.82, 2.24) is 16.0 Å². The first kappa shape index (κ1) is 32.1. The Balaban J connectivity index is 5.56. The third kappa shape index (κ3) is 13.0. The summed E-state index contributed by atoms with van der Waals surface area (Å²) >= 11 is 1.37. The average molecular weight is 521 g/mol. The van der Waals surface area contributed by atoms with Gasteiger partial charge in [0.2, 0.25) is 17.7 Å². The number of hydrogen-bond acceptors (Lipinski definition) is 8. The molecule has 14 heteroatoms. The van der Waals surface area contributed by atoms with Crippen LogP contribution in [0.25, 0.3) is 0 Å². The Bertz CT molecular complexity index is 765. The molecule has 0 heterocycles. The predicted molar refractivity (Wildman–Crippen MR) is 128 cm³/mol. The minimum Gasteiger partial charge on any atom is -0.481 e. The summed E-state index contributed by atoms with van der Waals surface area (Å²) in [4.78, 5) is 71.4. The summed E-state index contributed by atoms with van der Waals surface area (Å²) in [6, 6.07) is -4.90. The van der Waals surface area contributed by atoms with E-state index < -0.39 is 72.6 Å². The van der Waals surface area contributed by atoms with Gasteiger partial charge in [-0.3, -0.25) is 24.0 Å². The van der Waals surface area contributed by atoms with Crippen molar-refractivity contribution in [3.05, 3.63) is 0 Å². The molecule has 0 radical (unpaired) electrons. The maximum atomic E-state index is 12.9. The summed E-state index contributed by atoms with van der Waals surface area (Å²) in [7, 11) is 0. The number of carboxylic acid groups (broad SMARTS) is 3. The molecule has 0 spiro atoms. The van der Waals surface area contributed by atoms with Gasteiger partial charge in [-0.15, -0.1) is 0 Å². The van der Waals surface area contributed by atoms with Crippen LogP contribution in [0.3, 0.4) is 0 Å². The lowest BCUT2D eigenvalue weighted by Gasteiger charge is -2.26. The molecule has 0 rings (SSSR count). The Hall–Kier alpha value is -2.87. The van der Waals surface area contributed by atoms with Gasteiger partial charge in [0, 0.05) is 12.8 Å². The molecular formula is C21H36N4O9S. The number of aliphatic carboxylic acids is 3. The van der Waals surface area contributed by atoms with Crippen molar-refractivity contribution in [3.8, 4) is 0 Å². The van der Waals surface area contributed by atoms with Crippen LogP contribution in [0.4, 0.5) is 0 Å². The molecule has 13 nitrogen and oxygen atoms in total. The Labute approximate surface area is 208 Å². The SMILES string of the molecule is CCC(C)C(N)C(=O)NC(CCC(=O)O)C(=O)NC(CCSC)C(=O)NC(CCC(=O)O)C(=O)O. The highest BCUT2D eigenvalue weighted by atomic mass is 32.2. The van der Waals surface area contributed by atoms with Gasteiger partial charge in [-0.2, -0.15) is 11.8 Å². The summed E-state index contributed by atoms with van der Waals surface area (Å²) in [5.41, 5.74) is 5.90. The summed E-state index contributed by atoms with van der Waals surface area (Å²) in [5, 5.41) is 34.2. The largest absolute Gasteiger partial charge is 0.481 e. The fraction of sp³-hybridized carbons (Fsp3) is 0.714. The molecule has 0 saturated carbocycles. The number of nitrogens with one attached hydrogen (secondary N) is 3. The summed E-state index contributed by atoms with van der Waals surface area (Å²) in [6.07, 6.45) is 0.932. The van der Waals surface area contributed by atoms with Crippen molar-refractivity contribution < 1.29 is 44.1 Å². The minimum atomic E-state index is -1.48. The minimum absolute atomic E-state index is 0.107. The van der Waals surface area contributed by atoms with Crippen LogP contribution in [0.1, 0.15) is 52.4 Å². The number of amides is 3. The first-order valence-electron chi connectivity index (χ1n) is 11.2. The highest BCUT2D eigenvalue weighted by Gasteiger charge is 2.31. The molecule has 0 bridgehead atoms. The van der Waals surface area contributed by atoms with E-state index in [0.29, 0.717) is 12.2 Å². The standard InChI is InChI=1S/C21H36N4O9S/c1-4-11(2)17(22)20(32)24-12(5-7-15(26)27)18(30)23-13(9-10-35-3)19(31)25-14(21(33)34)6-8-16(28)29/h11-14,17H,4-10,22H2,1-3H3,(H,23,30)(H,24,32)(H,25,31)(H,26,27)(H,28,29)(H,33,34). The van der Waals surface area contributed by atoms with E-state index >= 15 is 0 Å². The Morgan fingerprint density at radius 3 is 1.63 bits per heavy atom. The number of carbonyl (C=O) groups excluding carboxylic acids is 3. The molecule has 200 valence electrons. The van der Waals surface area contributed by atoms with Crippen molar-refractivity contribution in [2.45, 2.75) is 76.5 Å². The molecule has 0 fully saturated rings. The molecule has 0 saturated heterocycles.